The van der Waals surface area contributed by atoms with Crippen LogP contribution in [0.3, 0.4) is 0 Å². The van der Waals surface area contributed by atoms with E-state index in [1.807, 2.05) is 0 Å². The summed E-state index contributed by atoms with van der Waals surface area (Å²) >= 11 is 35.8. The highest BCUT2D eigenvalue weighted by atomic mass is 35.5. The maximum absolute atomic E-state index is 12.3. The molecule has 4 N–H and O–H groups in total. The van der Waals surface area contributed by atoms with Gasteiger partial charge in [-0.25, -0.2) is 9.97 Å². The maximum atomic E-state index is 12.3. The lowest BCUT2D eigenvalue weighted by molar-refractivity contribution is -0.118. The Labute approximate surface area is 304 Å². The molecule has 6 rings (SSSR count). The van der Waals surface area contributed by atoms with Crippen LogP contribution in [0.2, 0.25) is 20.1 Å². The highest BCUT2D eigenvalue weighted by molar-refractivity contribution is 6.41. The predicted octanol–water partition coefficient (Wildman–Crippen LogP) is 8.41. The third-order valence-corrected chi connectivity index (χ3v) is 9.24. The number of alkyl halides is 2. The smallest absolute Gasteiger partial charge is 0.258 e. The van der Waals surface area contributed by atoms with E-state index in [4.69, 9.17) is 69.6 Å². The van der Waals surface area contributed by atoms with Crippen molar-refractivity contribution in [3.63, 3.8) is 0 Å². The number of anilines is 4. The summed E-state index contributed by atoms with van der Waals surface area (Å²) in [6.45, 7) is 0. The SMILES string of the molecule is O=C(Nc1ccnc(NC(=O)[C@H]2C[C@@H]2Cl)c1)c1c(Cl)cccc1Cl.O=C(Nc1ccnc(NC(=O)[C@H]2C[C@H]2Cl)c1)c1c(Cl)cccc1Cl. The Balaban J connectivity index is 0.000000188. The van der Waals surface area contributed by atoms with Crippen molar-refractivity contribution in [2.24, 2.45) is 11.8 Å². The van der Waals surface area contributed by atoms with E-state index in [1.54, 1.807) is 60.7 Å². The second kappa shape index (κ2) is 15.7. The normalized spacial score (nSPS) is 18.8. The number of amides is 4. The van der Waals surface area contributed by atoms with Gasteiger partial charge in [0.2, 0.25) is 11.8 Å². The molecule has 4 atom stereocenters. The quantitative estimate of drug-likeness (QED) is 0.133. The second-order valence-corrected chi connectivity index (χ2v) is 13.4. The van der Waals surface area contributed by atoms with Crippen LogP contribution in [0, 0.1) is 11.8 Å². The molecule has 16 heteroatoms. The molecule has 0 unspecified atom stereocenters. The molecule has 0 spiro atoms. The molecule has 0 aliphatic heterocycles. The molecule has 2 fully saturated rings. The van der Waals surface area contributed by atoms with Crippen LogP contribution in [0.4, 0.5) is 23.0 Å². The lowest BCUT2D eigenvalue weighted by atomic mass is 10.2. The topological polar surface area (TPSA) is 142 Å². The van der Waals surface area contributed by atoms with Crippen molar-refractivity contribution in [2.45, 2.75) is 23.6 Å². The van der Waals surface area contributed by atoms with Gasteiger partial charge in [-0.1, -0.05) is 58.5 Å². The lowest BCUT2D eigenvalue weighted by Crippen LogP contribution is -2.17. The van der Waals surface area contributed by atoms with Crippen molar-refractivity contribution in [2.75, 3.05) is 21.3 Å². The Morgan fingerprint density at radius 2 is 0.896 bits per heavy atom. The van der Waals surface area contributed by atoms with Gasteiger partial charge in [-0.05, 0) is 49.2 Å². The largest absolute Gasteiger partial charge is 0.322 e. The van der Waals surface area contributed by atoms with Crippen LogP contribution in [-0.4, -0.2) is 44.4 Å². The van der Waals surface area contributed by atoms with Crippen LogP contribution in [0.5, 0.6) is 0 Å². The molecule has 2 aliphatic carbocycles. The molecular formula is C32H24Cl6N6O4. The summed E-state index contributed by atoms with van der Waals surface area (Å²) in [5.41, 5.74) is 1.29. The standard InChI is InChI=1S/2C16H12Cl3N3O2/c2*17-10-2-1-3-11(18)14(10)16(24)21-8-4-5-20-13(6-8)22-15(23)9-7-12(9)19/h2*1-6,9,12H,7H2,(H2,20,21,22,23,24)/t9-,12+;9-,12-/m00/s1. The Bertz CT molecular complexity index is 1720. The van der Waals surface area contributed by atoms with Crippen molar-refractivity contribution < 1.29 is 19.2 Å². The minimum atomic E-state index is -0.447. The zero-order valence-corrected chi connectivity index (χ0v) is 29.0. The third kappa shape index (κ3) is 9.28. The van der Waals surface area contributed by atoms with Gasteiger partial charge in [-0.2, -0.15) is 0 Å². The van der Waals surface area contributed by atoms with E-state index in [2.05, 4.69) is 31.2 Å². The summed E-state index contributed by atoms with van der Waals surface area (Å²) in [5.74, 6) is -0.964. The first-order valence-corrected chi connectivity index (χ1v) is 16.6. The molecule has 248 valence electrons. The van der Waals surface area contributed by atoms with Gasteiger partial charge in [-0.3, -0.25) is 19.2 Å². The molecule has 2 aliphatic rings. The zero-order valence-electron chi connectivity index (χ0n) is 24.4. The highest BCUT2D eigenvalue weighted by Crippen LogP contribution is 2.37. The number of rotatable bonds is 8. The van der Waals surface area contributed by atoms with Crippen LogP contribution < -0.4 is 21.3 Å². The molecule has 0 bridgehead atoms. The summed E-state index contributed by atoms with van der Waals surface area (Å²) in [7, 11) is 0. The molecule has 2 heterocycles. The molecular weight excluding hydrogens is 745 g/mol. The first-order chi connectivity index (χ1) is 22.9. The minimum absolute atomic E-state index is 0.116. The molecule has 48 heavy (non-hydrogen) atoms. The molecule has 2 aromatic heterocycles. The average molecular weight is 769 g/mol. The van der Waals surface area contributed by atoms with Crippen LogP contribution in [0.1, 0.15) is 33.6 Å². The third-order valence-electron chi connectivity index (χ3n) is 7.02. The van der Waals surface area contributed by atoms with Crippen LogP contribution >= 0.6 is 69.6 Å². The molecule has 4 aromatic rings. The minimum Gasteiger partial charge on any atom is -0.322 e. The van der Waals surface area contributed by atoms with E-state index < -0.39 is 11.8 Å². The van der Waals surface area contributed by atoms with Crippen LogP contribution in [-0.2, 0) is 9.59 Å². The number of hydrogen-bond donors (Lipinski definition) is 4. The van der Waals surface area contributed by atoms with E-state index in [0.29, 0.717) is 35.9 Å². The summed E-state index contributed by atoms with van der Waals surface area (Å²) in [6.07, 6.45) is 4.28. The molecule has 2 aromatic carbocycles. The summed E-state index contributed by atoms with van der Waals surface area (Å²) in [6, 6.07) is 15.9. The Hall–Kier alpha value is -3.64. The van der Waals surface area contributed by atoms with Crippen LogP contribution in [0.15, 0.2) is 73.1 Å². The van der Waals surface area contributed by atoms with E-state index in [1.165, 1.54) is 12.4 Å². The Morgan fingerprint density at radius 3 is 1.21 bits per heavy atom. The van der Waals surface area contributed by atoms with Gasteiger partial charge in [0.15, 0.2) is 0 Å². The molecule has 0 saturated heterocycles. The number of nitrogens with zero attached hydrogens (tertiary/aromatic N) is 2. The average Bonchev–Trinajstić information content (AvgIpc) is 3.95. The molecule has 0 radical (unpaired) electrons. The summed E-state index contributed by atoms with van der Waals surface area (Å²) in [5, 5.41) is 11.5. The maximum Gasteiger partial charge on any atom is 0.258 e. The fourth-order valence-corrected chi connectivity index (χ4v) is 6.03. The number of aromatic nitrogens is 2. The van der Waals surface area contributed by atoms with Gasteiger partial charge in [0.1, 0.15) is 11.6 Å². The monoisotopic (exact) mass is 766 g/mol. The first kappa shape index (κ1) is 35.7. The summed E-state index contributed by atoms with van der Waals surface area (Å²) in [4.78, 5) is 56.5. The lowest BCUT2D eigenvalue weighted by Gasteiger charge is -2.10. The second-order valence-electron chi connectivity index (χ2n) is 10.7. The van der Waals surface area contributed by atoms with E-state index in [-0.39, 0.29) is 65.6 Å². The fraction of sp³-hybridized carbons (Fsp3) is 0.188. The van der Waals surface area contributed by atoms with Gasteiger partial charge < -0.3 is 21.3 Å². The highest BCUT2D eigenvalue weighted by Gasteiger charge is 2.42. The van der Waals surface area contributed by atoms with Crippen molar-refractivity contribution >= 4 is 116 Å². The van der Waals surface area contributed by atoms with Crippen LogP contribution in [0.25, 0.3) is 0 Å². The number of pyridine rings is 2. The number of carbonyl (C=O) groups is 4. The number of nitrogens with one attached hydrogen (secondary N) is 4. The zero-order chi connectivity index (χ0) is 34.5. The molecule has 10 nitrogen and oxygen atoms in total. The van der Waals surface area contributed by atoms with Crippen molar-refractivity contribution in [1.82, 2.24) is 9.97 Å². The van der Waals surface area contributed by atoms with Crippen molar-refractivity contribution in [3.05, 3.63) is 104 Å². The van der Waals surface area contributed by atoms with Gasteiger partial charge in [0.25, 0.3) is 11.8 Å². The predicted molar refractivity (Wildman–Crippen MR) is 190 cm³/mol. The van der Waals surface area contributed by atoms with E-state index in [9.17, 15) is 19.2 Å². The Kier molecular flexibility index (Phi) is 11.7. The van der Waals surface area contributed by atoms with E-state index in [0.717, 1.165) is 0 Å². The fourth-order valence-electron chi connectivity index (χ4n) is 4.28. The number of halogens is 6. The van der Waals surface area contributed by atoms with Gasteiger partial charge >= 0.3 is 0 Å². The van der Waals surface area contributed by atoms with Crippen molar-refractivity contribution in [1.29, 1.82) is 0 Å². The van der Waals surface area contributed by atoms with Gasteiger partial charge in [-0.15, -0.1) is 23.2 Å². The number of carbonyl (C=O) groups excluding carboxylic acids is 4. The van der Waals surface area contributed by atoms with E-state index >= 15 is 0 Å². The first-order valence-electron chi connectivity index (χ1n) is 14.2. The van der Waals surface area contributed by atoms with Crippen molar-refractivity contribution in [3.8, 4) is 0 Å². The number of benzene rings is 2. The van der Waals surface area contributed by atoms with Gasteiger partial charge in [0, 0.05) is 46.7 Å². The van der Waals surface area contributed by atoms with Gasteiger partial charge in [0.05, 0.1) is 43.1 Å². The Morgan fingerprint density at radius 1 is 0.562 bits per heavy atom. The molecule has 4 amide bonds. The molecule has 2 saturated carbocycles. The number of hydrogen-bond acceptors (Lipinski definition) is 6. The summed E-state index contributed by atoms with van der Waals surface area (Å²) < 4.78 is 0.